The second-order valence-corrected chi connectivity index (χ2v) is 7.00. The Hall–Kier alpha value is -3.64. The van der Waals surface area contributed by atoms with Gasteiger partial charge in [-0.3, -0.25) is 4.79 Å². The van der Waals surface area contributed by atoms with Crippen LogP contribution in [0.4, 0.5) is 0 Å². The average molecular weight is 402 g/mol. The van der Waals surface area contributed by atoms with Crippen LogP contribution in [0, 0.1) is 0 Å². The van der Waals surface area contributed by atoms with E-state index in [1.807, 2.05) is 72.1 Å². The van der Waals surface area contributed by atoms with Gasteiger partial charge in [0.1, 0.15) is 17.2 Å². The molecule has 1 N–H and O–H groups in total. The molecule has 0 unspecified atom stereocenters. The number of nitrogens with zero attached hydrogens (tertiary/aromatic N) is 1. The maximum absolute atomic E-state index is 12.7. The number of amides is 1. The van der Waals surface area contributed by atoms with E-state index in [4.69, 9.17) is 9.47 Å². The molecule has 4 aromatic rings. The van der Waals surface area contributed by atoms with E-state index in [1.54, 1.807) is 18.3 Å². The van der Waals surface area contributed by atoms with Crippen molar-refractivity contribution in [3.8, 4) is 22.4 Å². The molecule has 0 aliphatic carbocycles. The zero-order valence-electron chi connectivity index (χ0n) is 15.4. The molecule has 0 bridgehead atoms. The van der Waals surface area contributed by atoms with Crippen molar-refractivity contribution >= 4 is 17.2 Å². The highest BCUT2D eigenvalue weighted by molar-refractivity contribution is 7.11. The van der Waals surface area contributed by atoms with Crippen LogP contribution >= 0.6 is 11.3 Å². The third-order valence-electron chi connectivity index (χ3n) is 4.09. The summed E-state index contributed by atoms with van der Waals surface area (Å²) in [6.07, 6.45) is 1.70. The Morgan fingerprint density at radius 1 is 0.862 bits per heavy atom. The fourth-order valence-electron chi connectivity index (χ4n) is 2.67. The minimum atomic E-state index is -0.195. The van der Waals surface area contributed by atoms with Crippen molar-refractivity contribution in [1.29, 1.82) is 0 Å². The summed E-state index contributed by atoms with van der Waals surface area (Å²) in [7, 11) is 0. The van der Waals surface area contributed by atoms with E-state index in [-0.39, 0.29) is 5.91 Å². The van der Waals surface area contributed by atoms with Crippen LogP contribution in [0.3, 0.4) is 0 Å². The van der Waals surface area contributed by atoms with Gasteiger partial charge in [-0.1, -0.05) is 53.8 Å². The molecule has 3 aromatic carbocycles. The van der Waals surface area contributed by atoms with E-state index >= 15 is 0 Å². The summed E-state index contributed by atoms with van der Waals surface area (Å²) in [6, 6.07) is 24.1. The van der Waals surface area contributed by atoms with E-state index in [9.17, 15) is 4.79 Å². The van der Waals surface area contributed by atoms with Crippen LogP contribution in [0.15, 0.2) is 90.4 Å². The third-order valence-corrected chi connectivity index (χ3v) is 4.74. The normalized spacial score (nSPS) is 10.3. The topological polar surface area (TPSA) is 60.5 Å². The van der Waals surface area contributed by atoms with E-state index in [0.717, 1.165) is 5.56 Å². The molecule has 0 atom stereocenters. The molecule has 4 rings (SSSR count). The summed E-state index contributed by atoms with van der Waals surface area (Å²) < 4.78 is 11.5. The largest absolute Gasteiger partial charge is 0.457 e. The second kappa shape index (κ2) is 9.03. The lowest BCUT2D eigenvalue weighted by molar-refractivity contribution is 0.0948. The zero-order valence-corrected chi connectivity index (χ0v) is 16.3. The molecule has 0 aliphatic heterocycles. The van der Waals surface area contributed by atoms with Gasteiger partial charge in [-0.05, 0) is 42.0 Å². The number of ether oxygens (including phenoxy) is 2. The number of thiazole rings is 1. The number of carbonyl (C=O) groups is 1. The summed E-state index contributed by atoms with van der Waals surface area (Å²) in [5.74, 6) is 1.71. The average Bonchev–Trinajstić information content (AvgIpc) is 3.27. The first-order chi connectivity index (χ1) is 14.3. The maximum atomic E-state index is 12.7. The number of hydrogen-bond acceptors (Lipinski definition) is 5. The molecule has 1 aromatic heterocycles. The van der Waals surface area contributed by atoms with Gasteiger partial charge in [0.25, 0.3) is 11.1 Å². The molecule has 5 nitrogen and oxygen atoms in total. The first kappa shape index (κ1) is 18.7. The first-order valence-corrected chi connectivity index (χ1v) is 9.92. The van der Waals surface area contributed by atoms with Gasteiger partial charge in [0.05, 0.1) is 5.56 Å². The third kappa shape index (κ3) is 5.00. The number of benzene rings is 3. The van der Waals surface area contributed by atoms with Crippen LogP contribution in [0.1, 0.15) is 15.9 Å². The number of hydrogen-bond donors (Lipinski definition) is 1. The molecule has 0 radical (unpaired) electrons. The molecule has 1 heterocycles. The van der Waals surface area contributed by atoms with E-state index in [1.165, 1.54) is 11.3 Å². The predicted molar refractivity (Wildman–Crippen MR) is 113 cm³/mol. The molecule has 0 spiro atoms. The van der Waals surface area contributed by atoms with Crippen LogP contribution in [0.5, 0.6) is 22.4 Å². The highest BCUT2D eigenvalue weighted by Crippen LogP contribution is 2.25. The Labute approximate surface area is 172 Å². The van der Waals surface area contributed by atoms with Gasteiger partial charge in [-0.15, -0.1) is 0 Å². The summed E-state index contributed by atoms with van der Waals surface area (Å²) >= 11 is 1.43. The number of carbonyl (C=O) groups excluding carboxylic acids is 1. The SMILES string of the molecule is O=C(NCc1ccc(Oc2nccs2)cc1)c1ccccc1Oc1ccccc1. The number of para-hydroxylation sites is 2. The van der Waals surface area contributed by atoms with Crippen molar-refractivity contribution in [2.24, 2.45) is 0 Å². The molecular weight excluding hydrogens is 384 g/mol. The lowest BCUT2D eigenvalue weighted by Crippen LogP contribution is -2.23. The fraction of sp³-hybridized carbons (Fsp3) is 0.0435. The van der Waals surface area contributed by atoms with Crippen LogP contribution in [-0.4, -0.2) is 10.9 Å². The zero-order chi connectivity index (χ0) is 19.9. The van der Waals surface area contributed by atoms with E-state index < -0.39 is 0 Å². The Morgan fingerprint density at radius 2 is 1.59 bits per heavy atom. The molecule has 29 heavy (non-hydrogen) atoms. The van der Waals surface area contributed by atoms with E-state index in [0.29, 0.717) is 34.6 Å². The Kier molecular flexibility index (Phi) is 5.83. The van der Waals surface area contributed by atoms with Gasteiger partial charge in [0.15, 0.2) is 0 Å². The quantitative estimate of drug-likeness (QED) is 0.433. The standard InChI is InChI=1S/C23H18N2O3S/c26-22(20-8-4-5-9-21(20)27-18-6-2-1-3-7-18)25-16-17-10-12-19(13-11-17)28-23-24-14-15-29-23/h1-15H,16H2,(H,25,26). The smallest absolute Gasteiger partial charge is 0.278 e. The van der Waals surface area contributed by atoms with Gasteiger partial charge >= 0.3 is 0 Å². The van der Waals surface area contributed by atoms with Gasteiger partial charge in [0.2, 0.25) is 0 Å². The monoisotopic (exact) mass is 402 g/mol. The Bertz CT molecular complexity index is 1070. The van der Waals surface area contributed by atoms with Gasteiger partial charge in [-0.2, -0.15) is 0 Å². The molecule has 0 saturated carbocycles. The summed E-state index contributed by atoms with van der Waals surface area (Å²) in [5, 5.41) is 5.39. The highest BCUT2D eigenvalue weighted by atomic mass is 32.1. The van der Waals surface area contributed by atoms with Crippen molar-refractivity contribution in [2.45, 2.75) is 6.54 Å². The van der Waals surface area contributed by atoms with Crippen molar-refractivity contribution in [1.82, 2.24) is 10.3 Å². The molecule has 1 amide bonds. The van der Waals surface area contributed by atoms with Gasteiger partial charge in [-0.25, -0.2) is 4.98 Å². The van der Waals surface area contributed by atoms with Gasteiger partial charge < -0.3 is 14.8 Å². The van der Waals surface area contributed by atoms with Crippen molar-refractivity contribution in [2.75, 3.05) is 0 Å². The molecule has 0 saturated heterocycles. The molecular formula is C23H18N2O3S. The lowest BCUT2D eigenvalue weighted by atomic mass is 10.1. The van der Waals surface area contributed by atoms with Gasteiger partial charge in [0, 0.05) is 18.1 Å². The maximum Gasteiger partial charge on any atom is 0.278 e. The number of rotatable bonds is 7. The minimum Gasteiger partial charge on any atom is -0.457 e. The molecule has 0 aliphatic rings. The van der Waals surface area contributed by atoms with Crippen LogP contribution in [0.25, 0.3) is 0 Å². The number of nitrogens with one attached hydrogen (secondary N) is 1. The van der Waals surface area contributed by atoms with Crippen LogP contribution < -0.4 is 14.8 Å². The summed E-state index contributed by atoms with van der Waals surface area (Å²) in [5.41, 5.74) is 1.45. The summed E-state index contributed by atoms with van der Waals surface area (Å²) in [6.45, 7) is 0.399. The van der Waals surface area contributed by atoms with Crippen molar-refractivity contribution in [3.63, 3.8) is 0 Å². The molecule has 144 valence electrons. The predicted octanol–water partition coefficient (Wildman–Crippen LogP) is 5.66. The highest BCUT2D eigenvalue weighted by Gasteiger charge is 2.12. The van der Waals surface area contributed by atoms with Crippen LogP contribution in [-0.2, 0) is 6.54 Å². The number of aromatic nitrogens is 1. The fourth-order valence-corrected chi connectivity index (χ4v) is 3.18. The lowest BCUT2D eigenvalue weighted by Gasteiger charge is -2.11. The molecule has 6 heteroatoms. The van der Waals surface area contributed by atoms with Crippen LogP contribution in [0.2, 0.25) is 0 Å². The van der Waals surface area contributed by atoms with Crippen molar-refractivity contribution in [3.05, 3.63) is 102 Å². The minimum absolute atomic E-state index is 0.195. The first-order valence-electron chi connectivity index (χ1n) is 9.04. The second-order valence-electron chi connectivity index (χ2n) is 6.14. The Morgan fingerprint density at radius 3 is 2.34 bits per heavy atom. The molecule has 0 fully saturated rings. The summed E-state index contributed by atoms with van der Waals surface area (Å²) in [4.78, 5) is 16.8. The van der Waals surface area contributed by atoms with E-state index in [2.05, 4.69) is 10.3 Å². The van der Waals surface area contributed by atoms with Crippen molar-refractivity contribution < 1.29 is 14.3 Å². The Balaban J connectivity index is 1.38.